The molecule has 0 bridgehead atoms. The fraction of sp³-hybridized carbons (Fsp3) is 0.500. The van der Waals surface area contributed by atoms with Gasteiger partial charge < -0.3 is 4.48 Å². The molecule has 0 aliphatic rings. The van der Waals surface area contributed by atoms with Crippen LogP contribution in [0.1, 0.15) is 0 Å². The van der Waals surface area contributed by atoms with Gasteiger partial charge in [0, 0.05) is 4.48 Å². The molecule has 0 aliphatic heterocycles. The highest BCUT2D eigenvalue weighted by molar-refractivity contribution is 9.11. The van der Waals surface area contributed by atoms with E-state index in [9.17, 15) is 0 Å². The summed E-state index contributed by atoms with van der Waals surface area (Å²) in [6.07, 6.45) is 1.93. The van der Waals surface area contributed by atoms with Gasteiger partial charge >= 0.3 is 0 Å². The van der Waals surface area contributed by atoms with E-state index in [-0.39, 0.29) is 0 Å². The second kappa shape index (κ2) is 3.94. The number of quaternary nitrogens is 1. The Morgan fingerprint density at radius 1 is 1.60 bits per heavy atom. The van der Waals surface area contributed by atoms with Crippen LogP contribution >= 0.6 is 15.9 Å². The topological polar surface area (TPSA) is 0 Å². The van der Waals surface area contributed by atoms with Gasteiger partial charge in [-0.15, -0.1) is 0 Å². The summed E-state index contributed by atoms with van der Waals surface area (Å²) in [5.41, 5.74) is 0. The third kappa shape index (κ3) is 4.77. The zero-order valence-electron chi connectivity index (χ0n) is 6.73. The van der Waals surface area contributed by atoms with E-state index >= 15 is 0 Å². The predicted octanol–water partition coefficient (Wildman–Crippen LogP) is 2.16. The molecule has 0 saturated carbocycles. The molecule has 0 heterocycles. The second-order valence-electron chi connectivity index (χ2n) is 3.08. The fourth-order valence-corrected chi connectivity index (χ4v) is 1.56. The molecule has 0 fully saturated rings. The zero-order chi connectivity index (χ0) is 8.20. The van der Waals surface area contributed by atoms with Gasteiger partial charge in [0.15, 0.2) is 0 Å². The van der Waals surface area contributed by atoms with Crippen LogP contribution in [0.25, 0.3) is 0 Å². The molecule has 0 N–H and O–H groups in total. The van der Waals surface area contributed by atoms with Gasteiger partial charge in [-0.25, -0.2) is 0 Å². The van der Waals surface area contributed by atoms with Gasteiger partial charge in [-0.2, -0.15) is 0 Å². The van der Waals surface area contributed by atoms with Crippen LogP contribution in [0.2, 0.25) is 0 Å². The number of likely N-dealkylation sites (N-methyl/N-ethyl adjacent to an activating group) is 1. The molecule has 1 nitrogen and oxygen atoms in total. The van der Waals surface area contributed by atoms with E-state index in [1.807, 2.05) is 6.08 Å². The summed E-state index contributed by atoms with van der Waals surface area (Å²) in [5.74, 6) is 0. The molecule has 0 unspecified atom stereocenters. The van der Waals surface area contributed by atoms with Crippen LogP contribution in [0.4, 0.5) is 0 Å². The molecule has 0 aromatic rings. The van der Waals surface area contributed by atoms with Gasteiger partial charge in [0.05, 0.1) is 20.6 Å². The Balaban J connectivity index is 3.85. The van der Waals surface area contributed by atoms with Crippen molar-refractivity contribution in [3.8, 4) is 0 Å². The van der Waals surface area contributed by atoms with Crippen molar-refractivity contribution in [2.75, 3.05) is 27.2 Å². The largest absolute Gasteiger partial charge is 0.321 e. The highest BCUT2D eigenvalue weighted by Crippen LogP contribution is 2.07. The van der Waals surface area contributed by atoms with Crippen molar-refractivity contribution >= 4 is 15.9 Å². The summed E-state index contributed by atoms with van der Waals surface area (Å²) < 4.78 is 1.95. The number of nitrogens with zero attached hydrogens (tertiary/aromatic N) is 1. The first-order valence-corrected chi connectivity index (χ1v) is 4.03. The van der Waals surface area contributed by atoms with Gasteiger partial charge in [0.25, 0.3) is 0 Å². The molecular formula is C8H15BrN+. The number of rotatable bonds is 4. The molecule has 0 saturated heterocycles. The Hall–Kier alpha value is -0.0800. The van der Waals surface area contributed by atoms with Crippen molar-refractivity contribution in [3.63, 3.8) is 0 Å². The summed E-state index contributed by atoms with van der Waals surface area (Å²) in [6.45, 7) is 9.41. The van der Waals surface area contributed by atoms with Gasteiger partial charge in [-0.05, 0) is 6.08 Å². The maximum absolute atomic E-state index is 3.79. The van der Waals surface area contributed by atoms with Crippen LogP contribution in [0.3, 0.4) is 0 Å². The Kier molecular flexibility index (Phi) is 3.91. The minimum absolute atomic E-state index is 0.910. The normalized spacial score (nSPS) is 11.1. The monoisotopic (exact) mass is 204 g/mol. The zero-order valence-corrected chi connectivity index (χ0v) is 8.32. The molecule has 0 aromatic carbocycles. The van der Waals surface area contributed by atoms with E-state index in [1.165, 1.54) is 0 Å². The highest BCUT2D eigenvalue weighted by atomic mass is 79.9. The van der Waals surface area contributed by atoms with Crippen LogP contribution < -0.4 is 0 Å². The summed E-state index contributed by atoms with van der Waals surface area (Å²) in [7, 11) is 4.29. The lowest BCUT2D eigenvalue weighted by Crippen LogP contribution is -2.40. The number of hydrogen-bond donors (Lipinski definition) is 0. The molecule has 0 radical (unpaired) electrons. The summed E-state index contributed by atoms with van der Waals surface area (Å²) >= 11 is 3.34. The number of hydrogen-bond acceptors (Lipinski definition) is 0. The Labute approximate surface area is 71.8 Å². The van der Waals surface area contributed by atoms with E-state index in [0.29, 0.717) is 0 Å². The first-order chi connectivity index (χ1) is 4.48. The molecule has 0 spiro atoms. The maximum Gasteiger partial charge on any atom is 0.110 e. The lowest BCUT2D eigenvalue weighted by atomic mass is 10.4. The minimum Gasteiger partial charge on any atom is -0.321 e. The first kappa shape index (κ1) is 9.92. The van der Waals surface area contributed by atoms with Crippen LogP contribution in [-0.4, -0.2) is 31.7 Å². The van der Waals surface area contributed by atoms with Crippen molar-refractivity contribution in [2.24, 2.45) is 0 Å². The van der Waals surface area contributed by atoms with Gasteiger partial charge in [0.1, 0.15) is 6.54 Å². The molecular weight excluding hydrogens is 190 g/mol. The molecule has 0 atom stereocenters. The Morgan fingerprint density at radius 2 is 2.10 bits per heavy atom. The second-order valence-corrected chi connectivity index (χ2v) is 4.20. The molecule has 10 heavy (non-hydrogen) atoms. The quantitative estimate of drug-likeness (QED) is 0.487. The average molecular weight is 205 g/mol. The molecule has 0 amide bonds. The smallest absolute Gasteiger partial charge is 0.110 e. The van der Waals surface area contributed by atoms with Crippen molar-refractivity contribution in [3.05, 3.63) is 23.7 Å². The summed E-state index contributed by atoms with van der Waals surface area (Å²) in [4.78, 5) is 0. The standard InChI is InChI=1S/C8H15BrN/c1-5-6-10(3,4)7-8(2)9/h5H,1-2,6-7H2,3-4H3/q+1. The maximum atomic E-state index is 3.79. The van der Waals surface area contributed by atoms with Crippen molar-refractivity contribution < 1.29 is 4.48 Å². The SMILES string of the molecule is C=CC[N+](C)(C)CC(=C)Br. The molecule has 0 aromatic heterocycles. The van der Waals surface area contributed by atoms with Gasteiger partial charge in [0.2, 0.25) is 0 Å². The van der Waals surface area contributed by atoms with Crippen LogP contribution in [-0.2, 0) is 0 Å². The van der Waals surface area contributed by atoms with Crippen molar-refractivity contribution in [1.82, 2.24) is 0 Å². The average Bonchev–Trinajstić information content (AvgIpc) is 1.59. The molecule has 0 aliphatic carbocycles. The molecule has 58 valence electrons. The fourth-order valence-electron chi connectivity index (χ4n) is 0.878. The van der Waals surface area contributed by atoms with E-state index in [4.69, 9.17) is 0 Å². The minimum atomic E-state index is 0.910. The summed E-state index contributed by atoms with van der Waals surface area (Å²) in [6, 6.07) is 0. The van der Waals surface area contributed by atoms with Crippen LogP contribution in [0.5, 0.6) is 0 Å². The lowest BCUT2D eigenvalue weighted by molar-refractivity contribution is -0.878. The van der Waals surface area contributed by atoms with Gasteiger partial charge in [-0.3, -0.25) is 0 Å². The predicted molar refractivity (Wildman–Crippen MR) is 50.1 cm³/mol. The highest BCUT2D eigenvalue weighted by Gasteiger charge is 2.12. The van der Waals surface area contributed by atoms with E-state index in [0.717, 1.165) is 22.1 Å². The third-order valence-corrected chi connectivity index (χ3v) is 1.47. The number of halogens is 1. The van der Waals surface area contributed by atoms with Crippen molar-refractivity contribution in [2.45, 2.75) is 0 Å². The van der Waals surface area contributed by atoms with E-state index in [1.54, 1.807) is 0 Å². The van der Waals surface area contributed by atoms with E-state index in [2.05, 4.69) is 43.2 Å². The van der Waals surface area contributed by atoms with E-state index < -0.39 is 0 Å². The summed E-state index contributed by atoms with van der Waals surface area (Å²) in [5, 5.41) is 0. The molecule has 2 heteroatoms. The van der Waals surface area contributed by atoms with Crippen molar-refractivity contribution in [1.29, 1.82) is 0 Å². The first-order valence-electron chi connectivity index (χ1n) is 3.24. The Bertz CT molecular complexity index is 138. The van der Waals surface area contributed by atoms with Crippen LogP contribution in [0, 0.1) is 0 Å². The third-order valence-electron chi connectivity index (χ3n) is 1.22. The Morgan fingerprint density at radius 3 is 2.40 bits per heavy atom. The lowest BCUT2D eigenvalue weighted by Gasteiger charge is -2.27. The van der Waals surface area contributed by atoms with Crippen LogP contribution in [0.15, 0.2) is 23.7 Å². The molecule has 0 rings (SSSR count). The van der Waals surface area contributed by atoms with Gasteiger partial charge in [-0.1, -0.05) is 29.1 Å².